The lowest BCUT2D eigenvalue weighted by Crippen LogP contribution is -2.35. The van der Waals surface area contributed by atoms with Gasteiger partial charge in [0.25, 0.3) is 0 Å². The molecule has 0 spiro atoms. The van der Waals surface area contributed by atoms with Crippen LogP contribution in [0.2, 0.25) is 0 Å². The molecular formula is C17H23N5OS. The van der Waals surface area contributed by atoms with Gasteiger partial charge in [0.2, 0.25) is 11.0 Å². The molecule has 0 aliphatic carbocycles. The summed E-state index contributed by atoms with van der Waals surface area (Å²) in [4.78, 5) is 14.8. The van der Waals surface area contributed by atoms with Gasteiger partial charge < -0.3 is 16.0 Å². The number of nitrogens with one attached hydrogen (secondary N) is 1. The molecule has 1 aromatic heterocycles. The van der Waals surface area contributed by atoms with Gasteiger partial charge in [0.1, 0.15) is 11.0 Å². The summed E-state index contributed by atoms with van der Waals surface area (Å²) >= 11 is 1.31. The number of piperidine rings is 1. The van der Waals surface area contributed by atoms with E-state index in [1.54, 1.807) is 0 Å². The predicted molar refractivity (Wildman–Crippen MR) is 95.7 cm³/mol. The molecule has 1 atom stereocenters. The number of nitrogens with zero attached hydrogens (tertiary/aromatic N) is 3. The minimum Gasteiger partial charge on any atom is -0.374 e. The number of likely N-dealkylation sites (tertiary alicyclic amines) is 1. The summed E-state index contributed by atoms with van der Waals surface area (Å²) in [5.74, 6) is 0.0307. The fraction of sp³-hybridized carbons (Fsp3) is 0.471. The molecule has 128 valence electrons. The monoisotopic (exact) mass is 345 g/mol. The summed E-state index contributed by atoms with van der Waals surface area (Å²) in [7, 11) is 0. The van der Waals surface area contributed by atoms with Crippen molar-refractivity contribution < 1.29 is 4.79 Å². The van der Waals surface area contributed by atoms with Crippen LogP contribution in [0.4, 0.5) is 5.13 Å². The lowest BCUT2D eigenvalue weighted by atomic mass is 10.1. The molecule has 2 aromatic rings. The summed E-state index contributed by atoms with van der Waals surface area (Å²) in [6.45, 7) is 3.01. The lowest BCUT2D eigenvalue weighted by molar-refractivity contribution is -0.122. The highest BCUT2D eigenvalue weighted by atomic mass is 32.1. The highest BCUT2D eigenvalue weighted by Crippen LogP contribution is 2.26. The van der Waals surface area contributed by atoms with Crippen LogP contribution in [0.15, 0.2) is 30.3 Å². The second kappa shape index (κ2) is 8.21. The molecular weight excluding hydrogens is 322 g/mol. The molecule has 6 nitrogen and oxygen atoms in total. The number of nitrogens with two attached hydrogens (primary N) is 1. The number of anilines is 1. The molecule has 1 saturated heterocycles. The largest absolute Gasteiger partial charge is 0.374 e. The zero-order chi connectivity index (χ0) is 16.8. The van der Waals surface area contributed by atoms with Crippen LogP contribution >= 0.6 is 11.3 Å². The minimum atomic E-state index is -0.296. The van der Waals surface area contributed by atoms with E-state index < -0.39 is 0 Å². The molecule has 7 heteroatoms. The summed E-state index contributed by atoms with van der Waals surface area (Å²) < 4.78 is 0. The fourth-order valence-corrected chi connectivity index (χ4v) is 3.66. The first-order valence-corrected chi connectivity index (χ1v) is 9.19. The molecule has 3 N–H and O–H groups in total. The molecule has 1 aliphatic heterocycles. The van der Waals surface area contributed by atoms with Crippen molar-refractivity contribution in [2.75, 3.05) is 25.4 Å². The summed E-state index contributed by atoms with van der Waals surface area (Å²) in [5.41, 5.74) is 6.69. The minimum absolute atomic E-state index is 0.0307. The standard InChI is InChI=1S/C17H23N5OS/c18-17-21-20-16(24-17)15(13-7-3-1-4-8-13)19-14(23)9-12-22-10-5-2-6-11-22/h1,3-4,7-8,15H,2,5-6,9-12H2,(H2,18,21)(H,19,23)/t15-/m0/s1. The average Bonchev–Trinajstić information content (AvgIpc) is 3.05. The van der Waals surface area contributed by atoms with Gasteiger partial charge in [-0.15, -0.1) is 10.2 Å². The van der Waals surface area contributed by atoms with Crippen molar-refractivity contribution in [3.63, 3.8) is 0 Å². The van der Waals surface area contributed by atoms with Crippen molar-refractivity contribution in [2.24, 2.45) is 0 Å². The summed E-state index contributed by atoms with van der Waals surface area (Å²) in [6.07, 6.45) is 4.27. The van der Waals surface area contributed by atoms with Gasteiger partial charge in [0.05, 0.1) is 0 Å². The van der Waals surface area contributed by atoms with Crippen molar-refractivity contribution in [3.8, 4) is 0 Å². The number of carbonyl (C=O) groups excluding carboxylic acids is 1. The first kappa shape index (κ1) is 16.9. The third kappa shape index (κ3) is 4.52. The van der Waals surface area contributed by atoms with Gasteiger partial charge in [-0.2, -0.15) is 0 Å². The van der Waals surface area contributed by atoms with E-state index in [1.807, 2.05) is 30.3 Å². The highest BCUT2D eigenvalue weighted by molar-refractivity contribution is 7.15. The Bertz CT molecular complexity index is 654. The van der Waals surface area contributed by atoms with Gasteiger partial charge in [0, 0.05) is 13.0 Å². The van der Waals surface area contributed by atoms with Crippen molar-refractivity contribution >= 4 is 22.4 Å². The maximum Gasteiger partial charge on any atom is 0.222 e. The van der Waals surface area contributed by atoms with Crippen LogP contribution in [0.5, 0.6) is 0 Å². The second-order valence-electron chi connectivity index (χ2n) is 6.04. The van der Waals surface area contributed by atoms with Crippen molar-refractivity contribution in [2.45, 2.75) is 31.7 Å². The molecule has 1 aliphatic rings. The molecule has 0 bridgehead atoms. The Balaban J connectivity index is 1.64. The van der Waals surface area contributed by atoms with E-state index in [9.17, 15) is 4.79 Å². The Morgan fingerprint density at radius 1 is 1.21 bits per heavy atom. The smallest absolute Gasteiger partial charge is 0.222 e. The Morgan fingerprint density at radius 2 is 1.96 bits per heavy atom. The molecule has 1 amide bonds. The quantitative estimate of drug-likeness (QED) is 0.838. The summed E-state index contributed by atoms with van der Waals surface area (Å²) in [6, 6.07) is 9.52. The first-order valence-electron chi connectivity index (χ1n) is 8.38. The number of rotatable bonds is 6. The van der Waals surface area contributed by atoms with E-state index in [0.717, 1.165) is 25.2 Å². The SMILES string of the molecule is Nc1nnc([C@@H](NC(=O)CCN2CCCCC2)c2ccccc2)s1. The van der Waals surface area contributed by atoms with Crippen LogP contribution in [-0.4, -0.2) is 40.6 Å². The molecule has 0 unspecified atom stereocenters. The van der Waals surface area contributed by atoms with Gasteiger partial charge in [-0.1, -0.05) is 48.1 Å². The number of carbonyl (C=O) groups is 1. The average molecular weight is 345 g/mol. The summed E-state index contributed by atoms with van der Waals surface area (Å²) in [5, 5.41) is 12.2. The predicted octanol–water partition coefficient (Wildman–Crippen LogP) is 2.20. The van der Waals surface area contributed by atoms with Crippen LogP contribution in [0.25, 0.3) is 0 Å². The molecule has 24 heavy (non-hydrogen) atoms. The topological polar surface area (TPSA) is 84.1 Å². The van der Waals surface area contributed by atoms with Crippen LogP contribution < -0.4 is 11.1 Å². The van der Waals surface area contributed by atoms with Gasteiger partial charge in [0.15, 0.2) is 0 Å². The highest BCUT2D eigenvalue weighted by Gasteiger charge is 2.21. The zero-order valence-electron chi connectivity index (χ0n) is 13.6. The van der Waals surface area contributed by atoms with E-state index in [2.05, 4.69) is 20.4 Å². The Hall–Kier alpha value is -1.99. The first-order chi connectivity index (χ1) is 11.7. The molecule has 3 rings (SSSR count). The van der Waals surface area contributed by atoms with Gasteiger partial charge in [-0.25, -0.2) is 0 Å². The fourth-order valence-electron chi connectivity index (χ4n) is 2.97. The normalized spacial score (nSPS) is 16.7. The Labute approximate surface area is 146 Å². The molecule has 1 fully saturated rings. The van der Waals surface area contributed by atoms with Crippen LogP contribution in [0, 0.1) is 0 Å². The van der Waals surface area contributed by atoms with Crippen molar-refractivity contribution in [1.82, 2.24) is 20.4 Å². The zero-order valence-corrected chi connectivity index (χ0v) is 14.5. The number of amides is 1. The van der Waals surface area contributed by atoms with Crippen LogP contribution in [0.3, 0.4) is 0 Å². The van der Waals surface area contributed by atoms with Gasteiger partial charge in [-0.3, -0.25) is 4.79 Å². The third-order valence-electron chi connectivity index (χ3n) is 4.25. The van der Waals surface area contributed by atoms with E-state index >= 15 is 0 Å². The van der Waals surface area contributed by atoms with Gasteiger partial charge in [-0.05, 0) is 31.5 Å². The lowest BCUT2D eigenvalue weighted by Gasteiger charge is -2.26. The molecule has 2 heterocycles. The van der Waals surface area contributed by atoms with Crippen LogP contribution in [0.1, 0.15) is 42.3 Å². The third-order valence-corrected chi connectivity index (χ3v) is 5.06. The maximum atomic E-state index is 12.4. The van der Waals surface area contributed by atoms with Crippen molar-refractivity contribution in [1.29, 1.82) is 0 Å². The number of nitrogen functional groups attached to an aromatic ring is 1. The van der Waals surface area contributed by atoms with Gasteiger partial charge >= 0.3 is 0 Å². The maximum absolute atomic E-state index is 12.4. The van der Waals surface area contributed by atoms with E-state index in [1.165, 1.54) is 30.6 Å². The molecule has 1 aromatic carbocycles. The van der Waals surface area contributed by atoms with E-state index in [4.69, 9.17) is 5.73 Å². The number of aromatic nitrogens is 2. The van der Waals surface area contributed by atoms with E-state index in [0.29, 0.717) is 16.6 Å². The second-order valence-corrected chi connectivity index (χ2v) is 7.08. The molecule has 0 radical (unpaired) electrons. The number of hydrogen-bond donors (Lipinski definition) is 2. The number of benzene rings is 1. The Morgan fingerprint density at radius 3 is 2.62 bits per heavy atom. The van der Waals surface area contributed by atoms with E-state index in [-0.39, 0.29) is 11.9 Å². The molecule has 0 saturated carbocycles. The Kier molecular flexibility index (Phi) is 5.77. The van der Waals surface area contributed by atoms with Crippen LogP contribution in [-0.2, 0) is 4.79 Å². The number of hydrogen-bond acceptors (Lipinski definition) is 6. The van der Waals surface area contributed by atoms with Crippen molar-refractivity contribution in [3.05, 3.63) is 40.9 Å².